The van der Waals surface area contributed by atoms with Crippen molar-refractivity contribution >= 4 is 17.3 Å². The minimum Gasteiger partial charge on any atom is -0.468 e. The van der Waals surface area contributed by atoms with Crippen molar-refractivity contribution in [2.24, 2.45) is 5.92 Å². The molecule has 3 atom stereocenters. The second kappa shape index (κ2) is 7.41. The largest absolute Gasteiger partial charge is 0.468 e. The smallest absolute Gasteiger partial charge is 0.323 e. The van der Waals surface area contributed by atoms with Gasteiger partial charge in [0.15, 0.2) is 0 Å². The molecule has 1 heterocycles. The molecule has 0 aromatic carbocycles. The van der Waals surface area contributed by atoms with Crippen LogP contribution in [0.25, 0.3) is 0 Å². The fraction of sp³-hybridized carbons (Fsp3) is 0.706. The molecule has 3 nitrogen and oxygen atoms in total. The molecule has 0 aliphatic heterocycles. The zero-order chi connectivity index (χ0) is 15.4. The van der Waals surface area contributed by atoms with E-state index in [-0.39, 0.29) is 24.0 Å². The number of fused-ring (bicyclic) bond motifs is 1. The van der Waals surface area contributed by atoms with Crippen molar-refractivity contribution in [2.75, 3.05) is 7.11 Å². The van der Waals surface area contributed by atoms with E-state index in [1.54, 1.807) is 4.88 Å². The second-order valence-corrected chi connectivity index (χ2v) is 7.25. The molecule has 0 spiro atoms. The number of aryl methyl sites for hydroxylation is 2. The predicted octanol–water partition coefficient (Wildman–Crippen LogP) is 3.87. The van der Waals surface area contributed by atoms with Crippen molar-refractivity contribution in [1.82, 2.24) is 5.32 Å². The van der Waals surface area contributed by atoms with E-state index < -0.39 is 0 Å². The molecule has 1 aliphatic rings. The van der Waals surface area contributed by atoms with Gasteiger partial charge in [-0.3, -0.25) is 10.1 Å². The quantitative estimate of drug-likeness (QED) is 0.811. The number of methoxy groups -OCH3 is 1. The molecule has 0 saturated carbocycles. The summed E-state index contributed by atoms with van der Waals surface area (Å²) < 4.78 is 4.96. The van der Waals surface area contributed by atoms with Crippen LogP contribution in [0.4, 0.5) is 0 Å². The molecule has 1 N–H and O–H groups in total. The highest BCUT2D eigenvalue weighted by atomic mass is 32.1. The molecule has 1 aromatic heterocycles. The molecule has 0 bridgehead atoms. The van der Waals surface area contributed by atoms with Gasteiger partial charge in [-0.15, -0.1) is 11.3 Å². The molecule has 1 aromatic rings. The second-order valence-electron chi connectivity index (χ2n) is 6.08. The molecule has 4 heteroatoms. The van der Waals surface area contributed by atoms with Gasteiger partial charge in [0.05, 0.1) is 7.11 Å². The number of ether oxygens (including phenoxy) is 1. The first-order valence-corrected chi connectivity index (χ1v) is 8.83. The van der Waals surface area contributed by atoms with Crippen molar-refractivity contribution in [3.8, 4) is 0 Å². The number of carbonyl (C=O) groups is 1. The van der Waals surface area contributed by atoms with Crippen molar-refractivity contribution in [3.05, 3.63) is 21.4 Å². The summed E-state index contributed by atoms with van der Waals surface area (Å²) >= 11 is 1.91. The van der Waals surface area contributed by atoms with Crippen molar-refractivity contribution in [1.29, 1.82) is 0 Å². The van der Waals surface area contributed by atoms with Crippen LogP contribution in [0.2, 0.25) is 0 Å². The number of rotatable bonds is 6. The van der Waals surface area contributed by atoms with Gasteiger partial charge in [-0.25, -0.2) is 0 Å². The molecule has 3 unspecified atom stereocenters. The van der Waals surface area contributed by atoms with Crippen LogP contribution in [0.15, 0.2) is 6.07 Å². The summed E-state index contributed by atoms with van der Waals surface area (Å²) in [5.41, 5.74) is 1.52. The maximum atomic E-state index is 12.0. The third kappa shape index (κ3) is 3.86. The summed E-state index contributed by atoms with van der Waals surface area (Å²) in [7, 11) is 1.47. The molecule has 118 valence electrons. The first kappa shape index (κ1) is 16.5. The topological polar surface area (TPSA) is 38.3 Å². The SMILES string of the molecule is CCC(C)C(NC(C)c1cc2c(s1)CCCC2)C(=O)OC. The summed E-state index contributed by atoms with van der Waals surface area (Å²) in [5.74, 6) is 0.118. The van der Waals surface area contributed by atoms with Crippen molar-refractivity contribution in [3.63, 3.8) is 0 Å². The predicted molar refractivity (Wildman–Crippen MR) is 87.8 cm³/mol. The minimum absolute atomic E-state index is 0.155. The lowest BCUT2D eigenvalue weighted by Gasteiger charge is -2.25. The van der Waals surface area contributed by atoms with Crippen LogP contribution in [0.3, 0.4) is 0 Å². The summed E-state index contributed by atoms with van der Waals surface area (Å²) in [6.07, 6.45) is 6.01. The molecule has 21 heavy (non-hydrogen) atoms. The van der Waals surface area contributed by atoms with Gasteiger partial charge in [-0.05, 0) is 50.2 Å². The van der Waals surface area contributed by atoms with Gasteiger partial charge >= 0.3 is 5.97 Å². The van der Waals surface area contributed by atoms with Crippen LogP contribution in [0, 0.1) is 5.92 Å². The lowest BCUT2D eigenvalue weighted by atomic mass is 9.97. The van der Waals surface area contributed by atoms with Gasteiger partial charge in [0.2, 0.25) is 0 Å². The Bertz CT molecular complexity index is 460. The van der Waals surface area contributed by atoms with Gasteiger partial charge in [-0.2, -0.15) is 0 Å². The van der Waals surface area contributed by atoms with E-state index in [1.165, 1.54) is 43.2 Å². The molecule has 0 amide bonds. The highest BCUT2D eigenvalue weighted by molar-refractivity contribution is 7.12. The minimum atomic E-state index is -0.228. The highest BCUT2D eigenvalue weighted by Crippen LogP contribution is 2.33. The molecule has 1 aliphatic carbocycles. The van der Waals surface area contributed by atoms with E-state index in [4.69, 9.17) is 4.74 Å². The molecular weight excluding hydrogens is 282 g/mol. The van der Waals surface area contributed by atoms with Crippen LogP contribution < -0.4 is 5.32 Å². The summed E-state index contributed by atoms with van der Waals surface area (Å²) in [5, 5.41) is 3.48. The third-order valence-electron chi connectivity index (χ3n) is 4.54. The average molecular weight is 309 g/mol. The first-order chi connectivity index (χ1) is 10.1. The Morgan fingerprint density at radius 2 is 2.10 bits per heavy atom. The molecule has 0 radical (unpaired) electrons. The fourth-order valence-corrected chi connectivity index (χ4v) is 4.17. The van der Waals surface area contributed by atoms with Gasteiger partial charge in [0.25, 0.3) is 0 Å². The number of nitrogens with one attached hydrogen (secondary N) is 1. The van der Waals surface area contributed by atoms with Gasteiger partial charge in [-0.1, -0.05) is 20.3 Å². The average Bonchev–Trinajstić information content (AvgIpc) is 2.95. The summed E-state index contributed by atoms with van der Waals surface area (Å²) in [6, 6.07) is 2.30. The van der Waals surface area contributed by atoms with Crippen LogP contribution >= 0.6 is 11.3 Å². The number of hydrogen-bond donors (Lipinski definition) is 1. The zero-order valence-electron chi connectivity index (χ0n) is 13.6. The number of esters is 1. The van der Waals surface area contributed by atoms with E-state index in [9.17, 15) is 4.79 Å². The van der Waals surface area contributed by atoms with Crippen molar-refractivity contribution < 1.29 is 9.53 Å². The monoisotopic (exact) mass is 309 g/mol. The lowest BCUT2D eigenvalue weighted by molar-refractivity contribution is -0.144. The number of hydrogen-bond acceptors (Lipinski definition) is 4. The number of thiophene rings is 1. The van der Waals surface area contributed by atoms with Crippen molar-refractivity contribution in [2.45, 2.75) is 65.0 Å². The van der Waals surface area contributed by atoms with E-state index in [0.717, 1.165) is 6.42 Å². The van der Waals surface area contributed by atoms with Crippen LogP contribution in [0.1, 0.15) is 61.4 Å². The Kier molecular flexibility index (Phi) is 5.82. The fourth-order valence-electron chi connectivity index (χ4n) is 2.91. The maximum absolute atomic E-state index is 12.0. The third-order valence-corrected chi connectivity index (χ3v) is 5.96. The van der Waals surface area contributed by atoms with E-state index >= 15 is 0 Å². The Morgan fingerprint density at radius 1 is 1.38 bits per heavy atom. The van der Waals surface area contributed by atoms with Crippen LogP contribution in [-0.2, 0) is 22.4 Å². The lowest BCUT2D eigenvalue weighted by Crippen LogP contribution is -2.43. The maximum Gasteiger partial charge on any atom is 0.323 e. The molecule has 0 fully saturated rings. The Hall–Kier alpha value is -0.870. The Labute approximate surface area is 132 Å². The summed E-state index contributed by atoms with van der Waals surface area (Å²) in [6.45, 7) is 6.35. The summed E-state index contributed by atoms with van der Waals surface area (Å²) in [4.78, 5) is 14.9. The normalized spacial score (nSPS) is 18.7. The van der Waals surface area contributed by atoms with Gasteiger partial charge in [0.1, 0.15) is 6.04 Å². The van der Waals surface area contributed by atoms with E-state index in [1.807, 2.05) is 11.3 Å². The first-order valence-electron chi connectivity index (χ1n) is 8.02. The van der Waals surface area contributed by atoms with E-state index in [0.29, 0.717) is 0 Å². The highest BCUT2D eigenvalue weighted by Gasteiger charge is 2.27. The Balaban J connectivity index is 2.09. The standard InChI is InChI=1S/C17H27NO2S/c1-5-11(2)16(17(19)20-4)18-12(3)15-10-13-8-6-7-9-14(13)21-15/h10-12,16,18H,5-9H2,1-4H3. The van der Waals surface area contributed by atoms with Gasteiger partial charge < -0.3 is 4.74 Å². The van der Waals surface area contributed by atoms with E-state index in [2.05, 4.69) is 32.2 Å². The van der Waals surface area contributed by atoms with Crippen LogP contribution in [0.5, 0.6) is 0 Å². The number of carbonyl (C=O) groups excluding carboxylic acids is 1. The Morgan fingerprint density at radius 3 is 2.71 bits per heavy atom. The molecular formula is C17H27NO2S. The zero-order valence-corrected chi connectivity index (χ0v) is 14.4. The van der Waals surface area contributed by atoms with Gasteiger partial charge in [0, 0.05) is 15.8 Å². The van der Waals surface area contributed by atoms with Crippen LogP contribution in [-0.4, -0.2) is 19.1 Å². The molecule has 0 saturated heterocycles. The molecule has 2 rings (SSSR count).